The minimum absolute atomic E-state index is 0.0661. The van der Waals surface area contributed by atoms with Gasteiger partial charge in [0.05, 0.1) is 0 Å². The number of fused-ring (bicyclic) bond motifs is 1. The third-order valence-electron chi connectivity index (χ3n) is 4.43. The minimum atomic E-state index is 0.0661. The maximum atomic E-state index is 12.2. The number of thioether (sulfide) groups is 1. The van der Waals surface area contributed by atoms with Crippen molar-refractivity contribution in [3.8, 4) is 0 Å². The first-order valence-electron chi connectivity index (χ1n) is 7.83. The van der Waals surface area contributed by atoms with Crippen LogP contribution in [0.5, 0.6) is 0 Å². The van der Waals surface area contributed by atoms with E-state index in [9.17, 15) is 4.79 Å². The molecule has 2 aliphatic rings. The predicted octanol–water partition coefficient (Wildman–Crippen LogP) is 1.98. The highest BCUT2D eigenvalue weighted by Crippen LogP contribution is 2.25. The second kappa shape index (κ2) is 6.73. The molecule has 2 amide bonds. The SMILES string of the molecule is CN(C[C@H]1CCn2ccnc2C1)C(=O)NC[C@@H]1CCCS1. The van der Waals surface area contributed by atoms with Gasteiger partial charge in [-0.25, -0.2) is 9.78 Å². The Hall–Kier alpha value is -1.17. The third-order valence-corrected chi connectivity index (χ3v) is 5.83. The quantitative estimate of drug-likeness (QED) is 0.925. The third kappa shape index (κ3) is 3.73. The molecule has 1 saturated heterocycles. The van der Waals surface area contributed by atoms with Crippen LogP contribution in [0.3, 0.4) is 0 Å². The Balaban J connectivity index is 1.43. The van der Waals surface area contributed by atoms with E-state index in [2.05, 4.69) is 14.9 Å². The molecule has 0 radical (unpaired) electrons. The molecule has 3 heterocycles. The van der Waals surface area contributed by atoms with Gasteiger partial charge in [-0.15, -0.1) is 0 Å². The summed E-state index contributed by atoms with van der Waals surface area (Å²) in [5, 5.41) is 3.69. The van der Waals surface area contributed by atoms with E-state index in [0.29, 0.717) is 11.2 Å². The number of aromatic nitrogens is 2. The largest absolute Gasteiger partial charge is 0.337 e. The number of nitrogens with zero attached hydrogens (tertiary/aromatic N) is 3. The number of imidazole rings is 1. The van der Waals surface area contributed by atoms with Crippen molar-refractivity contribution < 1.29 is 4.79 Å². The molecule has 5 nitrogen and oxygen atoms in total. The molecule has 21 heavy (non-hydrogen) atoms. The highest BCUT2D eigenvalue weighted by Gasteiger charge is 2.23. The number of hydrogen-bond acceptors (Lipinski definition) is 3. The van der Waals surface area contributed by atoms with E-state index in [-0.39, 0.29) is 6.03 Å². The molecule has 0 aliphatic carbocycles. The van der Waals surface area contributed by atoms with Gasteiger partial charge in [-0.2, -0.15) is 11.8 Å². The second-order valence-electron chi connectivity index (χ2n) is 6.10. The molecule has 1 N–H and O–H groups in total. The van der Waals surface area contributed by atoms with Crippen molar-refractivity contribution in [2.45, 2.75) is 37.5 Å². The Labute approximate surface area is 130 Å². The zero-order chi connectivity index (χ0) is 14.7. The molecule has 1 aromatic heterocycles. The fraction of sp³-hybridized carbons (Fsp3) is 0.733. The maximum Gasteiger partial charge on any atom is 0.317 e. The Morgan fingerprint density at radius 3 is 3.29 bits per heavy atom. The Morgan fingerprint density at radius 1 is 1.57 bits per heavy atom. The monoisotopic (exact) mass is 308 g/mol. The topological polar surface area (TPSA) is 50.2 Å². The van der Waals surface area contributed by atoms with Gasteiger partial charge in [-0.3, -0.25) is 0 Å². The van der Waals surface area contributed by atoms with Gasteiger partial charge >= 0.3 is 6.03 Å². The average Bonchev–Trinajstić information content (AvgIpc) is 3.15. The van der Waals surface area contributed by atoms with Crippen LogP contribution in [0.2, 0.25) is 0 Å². The zero-order valence-electron chi connectivity index (χ0n) is 12.6. The fourth-order valence-electron chi connectivity index (χ4n) is 3.18. The van der Waals surface area contributed by atoms with Crippen LogP contribution in [-0.4, -0.2) is 51.6 Å². The Kier molecular flexibility index (Phi) is 4.73. The van der Waals surface area contributed by atoms with Gasteiger partial charge in [0.15, 0.2) is 0 Å². The number of aryl methyl sites for hydroxylation is 1. The van der Waals surface area contributed by atoms with Crippen LogP contribution in [0.25, 0.3) is 0 Å². The summed E-state index contributed by atoms with van der Waals surface area (Å²) in [5.74, 6) is 2.92. The van der Waals surface area contributed by atoms with Crippen molar-refractivity contribution in [3.05, 3.63) is 18.2 Å². The summed E-state index contributed by atoms with van der Waals surface area (Å²) in [6.07, 6.45) is 8.53. The minimum Gasteiger partial charge on any atom is -0.337 e. The molecular weight excluding hydrogens is 284 g/mol. The first-order chi connectivity index (χ1) is 10.2. The molecule has 116 valence electrons. The number of hydrogen-bond donors (Lipinski definition) is 1. The van der Waals surface area contributed by atoms with E-state index >= 15 is 0 Å². The number of amides is 2. The first-order valence-corrected chi connectivity index (χ1v) is 8.88. The number of nitrogens with one attached hydrogen (secondary N) is 1. The van der Waals surface area contributed by atoms with Crippen LogP contribution < -0.4 is 5.32 Å². The number of rotatable bonds is 4. The van der Waals surface area contributed by atoms with Crippen LogP contribution in [0.15, 0.2) is 12.4 Å². The summed E-state index contributed by atoms with van der Waals surface area (Å²) in [4.78, 5) is 18.4. The van der Waals surface area contributed by atoms with Crippen LogP contribution >= 0.6 is 11.8 Å². The second-order valence-corrected chi connectivity index (χ2v) is 7.51. The van der Waals surface area contributed by atoms with E-state index < -0.39 is 0 Å². The van der Waals surface area contributed by atoms with Crippen molar-refractivity contribution in [2.24, 2.45) is 5.92 Å². The van der Waals surface area contributed by atoms with Gasteiger partial charge < -0.3 is 14.8 Å². The van der Waals surface area contributed by atoms with Gasteiger partial charge in [-0.1, -0.05) is 0 Å². The first kappa shape index (κ1) is 14.8. The summed E-state index contributed by atoms with van der Waals surface area (Å²) >= 11 is 1.98. The van der Waals surface area contributed by atoms with Gasteiger partial charge in [-0.05, 0) is 30.9 Å². The standard InChI is InChI=1S/C15H24N4OS/c1-18(15(20)17-10-13-3-2-8-21-13)11-12-4-6-19-7-5-16-14(19)9-12/h5,7,12-13H,2-4,6,8-11H2,1H3,(H,17,20)/t12-,13-/m0/s1. The maximum absolute atomic E-state index is 12.2. The summed E-state index contributed by atoms with van der Waals surface area (Å²) in [6, 6.07) is 0.0661. The van der Waals surface area contributed by atoms with Crippen LogP contribution in [0.1, 0.15) is 25.1 Å². The molecule has 0 saturated carbocycles. The van der Waals surface area contributed by atoms with E-state index in [0.717, 1.165) is 38.3 Å². The van der Waals surface area contributed by atoms with E-state index in [1.165, 1.54) is 18.6 Å². The highest BCUT2D eigenvalue weighted by atomic mass is 32.2. The number of urea groups is 1. The van der Waals surface area contributed by atoms with Crippen molar-refractivity contribution in [1.82, 2.24) is 19.8 Å². The van der Waals surface area contributed by atoms with Gasteiger partial charge in [0.25, 0.3) is 0 Å². The zero-order valence-corrected chi connectivity index (χ0v) is 13.4. The lowest BCUT2D eigenvalue weighted by Gasteiger charge is -2.28. The molecule has 0 aromatic carbocycles. The van der Waals surface area contributed by atoms with E-state index in [1.54, 1.807) is 0 Å². The molecular formula is C15H24N4OS. The molecule has 1 aromatic rings. The van der Waals surface area contributed by atoms with Crippen LogP contribution in [0, 0.1) is 5.92 Å². The van der Waals surface area contributed by atoms with Crippen LogP contribution in [0.4, 0.5) is 4.79 Å². The van der Waals surface area contributed by atoms with Crippen molar-refractivity contribution in [2.75, 3.05) is 25.9 Å². The number of carbonyl (C=O) groups excluding carboxylic acids is 1. The predicted molar refractivity (Wildman–Crippen MR) is 85.5 cm³/mol. The van der Waals surface area contributed by atoms with Crippen molar-refractivity contribution in [3.63, 3.8) is 0 Å². The van der Waals surface area contributed by atoms with E-state index in [1.807, 2.05) is 36.1 Å². The lowest BCUT2D eigenvalue weighted by Crippen LogP contribution is -2.43. The van der Waals surface area contributed by atoms with E-state index in [4.69, 9.17) is 0 Å². The summed E-state index contributed by atoms with van der Waals surface area (Å²) in [7, 11) is 1.90. The molecule has 3 rings (SSSR count). The molecule has 0 bridgehead atoms. The molecule has 2 atom stereocenters. The molecule has 2 aliphatic heterocycles. The van der Waals surface area contributed by atoms with Crippen molar-refractivity contribution >= 4 is 17.8 Å². The van der Waals surface area contributed by atoms with Gasteiger partial charge in [0.1, 0.15) is 5.82 Å². The normalized spacial score (nSPS) is 24.6. The lowest BCUT2D eigenvalue weighted by atomic mass is 9.97. The summed E-state index contributed by atoms with van der Waals surface area (Å²) in [5.41, 5.74) is 0. The molecule has 6 heteroatoms. The van der Waals surface area contributed by atoms with Gasteiger partial charge in [0, 0.05) is 50.7 Å². The highest BCUT2D eigenvalue weighted by molar-refractivity contribution is 8.00. The van der Waals surface area contributed by atoms with Gasteiger partial charge in [0.2, 0.25) is 0 Å². The molecule has 1 fully saturated rings. The Bertz CT molecular complexity index is 484. The number of carbonyl (C=O) groups is 1. The lowest BCUT2D eigenvalue weighted by molar-refractivity contribution is 0.194. The molecule has 0 spiro atoms. The Morgan fingerprint density at radius 2 is 2.48 bits per heavy atom. The fourth-order valence-corrected chi connectivity index (χ4v) is 4.38. The van der Waals surface area contributed by atoms with Crippen LogP contribution in [-0.2, 0) is 13.0 Å². The summed E-state index contributed by atoms with van der Waals surface area (Å²) in [6.45, 7) is 2.65. The summed E-state index contributed by atoms with van der Waals surface area (Å²) < 4.78 is 2.22. The average molecular weight is 308 g/mol. The smallest absolute Gasteiger partial charge is 0.317 e. The molecule has 0 unspecified atom stereocenters. The van der Waals surface area contributed by atoms with Crippen molar-refractivity contribution in [1.29, 1.82) is 0 Å².